The van der Waals surface area contributed by atoms with Gasteiger partial charge in [-0.1, -0.05) is 26.0 Å². The van der Waals surface area contributed by atoms with E-state index in [-0.39, 0.29) is 22.9 Å². The molecule has 12 heteroatoms. The molecule has 4 N–H and O–H groups in total. The minimum Gasteiger partial charge on any atom is -0.497 e. The molecule has 0 aliphatic carbocycles. The fourth-order valence-corrected chi connectivity index (χ4v) is 3.44. The minimum atomic E-state index is -4.54. The lowest BCUT2D eigenvalue weighted by Gasteiger charge is -2.34. The highest BCUT2D eigenvalue weighted by atomic mass is 32.1. The van der Waals surface area contributed by atoms with E-state index in [4.69, 9.17) is 17.0 Å². The lowest BCUT2D eigenvalue weighted by Crippen LogP contribution is -2.47. The number of amides is 1. The van der Waals surface area contributed by atoms with Gasteiger partial charge in [0.05, 0.1) is 19.3 Å². The number of halogens is 3. The topological polar surface area (TPSA) is 92.2 Å². The molecule has 3 rings (SSSR count). The number of methoxy groups -OCH3 is 1. The Balaban J connectivity index is 1.81. The molecular formula is C20H25F3N6O2S. The molecule has 8 nitrogen and oxygen atoms in total. The summed E-state index contributed by atoms with van der Waals surface area (Å²) in [6.07, 6.45) is -3.70. The van der Waals surface area contributed by atoms with Crippen LogP contribution in [0.2, 0.25) is 0 Å². The molecule has 0 radical (unpaired) electrons. The summed E-state index contributed by atoms with van der Waals surface area (Å²) in [6.45, 7) is 4.59. The first-order chi connectivity index (χ1) is 15.1. The monoisotopic (exact) mass is 470 g/mol. The molecule has 2 atom stereocenters. The molecule has 1 aromatic carbocycles. The molecule has 2 aromatic rings. The van der Waals surface area contributed by atoms with Crippen LogP contribution in [-0.4, -0.2) is 40.6 Å². The molecule has 32 heavy (non-hydrogen) atoms. The van der Waals surface area contributed by atoms with Gasteiger partial charge in [-0.15, -0.1) is 0 Å². The number of hydrogen-bond donors (Lipinski definition) is 4. The molecule has 0 unspecified atom stereocenters. The average Bonchev–Trinajstić information content (AvgIpc) is 3.18. The number of hydrogen-bond acceptors (Lipinski definition) is 5. The number of nitrogens with one attached hydrogen (secondary N) is 4. The Morgan fingerprint density at radius 2 is 2.00 bits per heavy atom. The summed E-state index contributed by atoms with van der Waals surface area (Å²) in [5, 5.41) is 10.00. The summed E-state index contributed by atoms with van der Waals surface area (Å²) >= 11 is 5.08. The Morgan fingerprint density at radius 1 is 1.31 bits per heavy atom. The second-order valence-electron chi connectivity index (χ2n) is 7.80. The fourth-order valence-electron chi connectivity index (χ4n) is 3.31. The third-order valence-electron chi connectivity index (χ3n) is 4.96. The van der Waals surface area contributed by atoms with Crippen molar-refractivity contribution >= 4 is 29.1 Å². The second kappa shape index (κ2) is 9.63. The van der Waals surface area contributed by atoms with E-state index in [1.165, 1.54) is 7.11 Å². The number of aromatic nitrogens is 2. The predicted molar refractivity (Wildman–Crippen MR) is 117 cm³/mol. The zero-order valence-corrected chi connectivity index (χ0v) is 18.6. The van der Waals surface area contributed by atoms with Crippen molar-refractivity contribution in [3.8, 4) is 5.75 Å². The number of carbonyl (C=O) groups is 1. The maximum atomic E-state index is 13.8. The Morgan fingerprint density at radius 3 is 2.59 bits per heavy atom. The van der Waals surface area contributed by atoms with Gasteiger partial charge in [0.2, 0.25) is 0 Å². The van der Waals surface area contributed by atoms with E-state index in [0.717, 1.165) is 10.9 Å². The number of fused-ring (bicyclic) bond motifs is 1. The number of carbonyl (C=O) groups excluding carboxylic acids is 1. The second-order valence-corrected chi connectivity index (χ2v) is 8.21. The van der Waals surface area contributed by atoms with Gasteiger partial charge in [-0.2, -0.15) is 18.3 Å². The average molecular weight is 471 g/mol. The number of rotatable bonds is 5. The summed E-state index contributed by atoms with van der Waals surface area (Å²) in [6, 6.07) is 4.17. The zero-order chi connectivity index (χ0) is 23.5. The van der Waals surface area contributed by atoms with E-state index >= 15 is 0 Å². The van der Waals surface area contributed by atoms with Crippen LogP contribution in [0.25, 0.3) is 0 Å². The molecule has 0 saturated heterocycles. The van der Waals surface area contributed by atoms with Crippen LogP contribution in [-0.2, 0) is 0 Å². The maximum absolute atomic E-state index is 13.8. The van der Waals surface area contributed by atoms with Crippen molar-refractivity contribution in [2.45, 2.75) is 38.5 Å². The van der Waals surface area contributed by atoms with Crippen molar-refractivity contribution < 1.29 is 22.7 Å². The van der Waals surface area contributed by atoms with Crippen LogP contribution < -0.4 is 26.2 Å². The summed E-state index contributed by atoms with van der Waals surface area (Å²) in [5.74, 6) is 0.255. The highest BCUT2D eigenvalue weighted by Gasteiger charge is 2.47. The summed E-state index contributed by atoms with van der Waals surface area (Å²) in [5.41, 5.74) is 5.55. The molecule has 1 aromatic heterocycles. The summed E-state index contributed by atoms with van der Waals surface area (Å²) in [7, 11) is 1.51. The van der Waals surface area contributed by atoms with E-state index in [9.17, 15) is 18.0 Å². The van der Waals surface area contributed by atoms with Crippen molar-refractivity contribution in [2.24, 2.45) is 5.92 Å². The van der Waals surface area contributed by atoms with Crippen molar-refractivity contribution in [3.63, 3.8) is 0 Å². The molecule has 0 saturated carbocycles. The van der Waals surface area contributed by atoms with E-state index in [1.54, 1.807) is 24.3 Å². The van der Waals surface area contributed by atoms with Gasteiger partial charge >= 0.3 is 6.18 Å². The molecule has 0 fully saturated rings. The van der Waals surface area contributed by atoms with Gasteiger partial charge in [0.25, 0.3) is 5.91 Å². The van der Waals surface area contributed by atoms with Crippen molar-refractivity contribution in [1.82, 2.24) is 25.9 Å². The van der Waals surface area contributed by atoms with Crippen LogP contribution in [0, 0.1) is 5.92 Å². The van der Waals surface area contributed by atoms with E-state index in [0.29, 0.717) is 23.8 Å². The van der Waals surface area contributed by atoms with Gasteiger partial charge in [-0.25, -0.2) is 4.68 Å². The zero-order valence-electron chi connectivity index (χ0n) is 17.8. The molecule has 1 aliphatic rings. The standard InChI is InChI=1S/C20H25F3N6O2S/c1-11(2)9-24-19(32)28-27-18(30)14-10-25-29-16(20(21,22)23)8-15(26-17(14)29)12-4-6-13(31-3)7-5-12/h4-7,10-11,15-16,26H,8-9H2,1-3H3,(H,27,30)(H2,24,28,32)/t15-,16-/m0/s1. The molecule has 1 aliphatic heterocycles. The van der Waals surface area contributed by atoms with Crippen molar-refractivity contribution in [2.75, 3.05) is 19.0 Å². The number of hydrazine groups is 1. The van der Waals surface area contributed by atoms with Gasteiger partial charge in [-0.05, 0) is 35.8 Å². The molecule has 0 bridgehead atoms. The molecule has 0 spiro atoms. The largest absolute Gasteiger partial charge is 0.497 e. The predicted octanol–water partition coefficient (Wildman–Crippen LogP) is 3.32. The third-order valence-corrected chi connectivity index (χ3v) is 5.21. The quantitative estimate of drug-likeness (QED) is 0.394. The summed E-state index contributed by atoms with van der Waals surface area (Å²) in [4.78, 5) is 12.7. The molecular weight excluding hydrogens is 445 g/mol. The van der Waals surface area contributed by atoms with Gasteiger partial charge in [0.1, 0.15) is 17.1 Å². The summed E-state index contributed by atoms with van der Waals surface area (Å²) < 4.78 is 47.3. The SMILES string of the molecule is COc1ccc([C@@H]2C[C@@H](C(F)(F)F)n3ncc(C(=O)NNC(=S)NCC(C)C)c3N2)cc1. The van der Waals surface area contributed by atoms with Gasteiger partial charge < -0.3 is 15.4 Å². The lowest BCUT2D eigenvalue weighted by atomic mass is 9.96. The van der Waals surface area contributed by atoms with Crippen LogP contribution >= 0.6 is 12.2 Å². The first kappa shape index (κ1) is 23.6. The number of thiocarbonyl (C=S) groups is 1. The van der Waals surface area contributed by atoms with E-state index in [2.05, 4.69) is 26.6 Å². The van der Waals surface area contributed by atoms with Crippen molar-refractivity contribution in [1.29, 1.82) is 0 Å². The molecule has 1 amide bonds. The van der Waals surface area contributed by atoms with Crippen LogP contribution in [0.4, 0.5) is 19.0 Å². The van der Waals surface area contributed by atoms with Crippen molar-refractivity contribution in [3.05, 3.63) is 41.6 Å². The van der Waals surface area contributed by atoms with Gasteiger partial charge in [0, 0.05) is 13.0 Å². The van der Waals surface area contributed by atoms with Crippen LogP contribution in [0.3, 0.4) is 0 Å². The van der Waals surface area contributed by atoms with Crippen LogP contribution in [0.1, 0.15) is 48.3 Å². The Labute approximate surface area is 188 Å². The normalized spacial score (nSPS) is 17.8. The van der Waals surface area contributed by atoms with Crippen LogP contribution in [0.15, 0.2) is 30.5 Å². The smallest absolute Gasteiger partial charge is 0.410 e. The number of alkyl halides is 3. The fraction of sp³-hybridized carbons (Fsp3) is 0.450. The first-order valence-corrected chi connectivity index (χ1v) is 10.4. The minimum absolute atomic E-state index is 0.0141. The highest BCUT2D eigenvalue weighted by Crippen LogP contribution is 2.44. The molecule has 174 valence electrons. The highest BCUT2D eigenvalue weighted by molar-refractivity contribution is 7.80. The van der Waals surface area contributed by atoms with Gasteiger partial charge in [-0.3, -0.25) is 15.6 Å². The van der Waals surface area contributed by atoms with E-state index in [1.807, 2.05) is 13.8 Å². The van der Waals surface area contributed by atoms with Crippen LogP contribution in [0.5, 0.6) is 5.75 Å². The third kappa shape index (κ3) is 5.42. The number of nitrogens with zero attached hydrogens (tertiary/aromatic N) is 2. The maximum Gasteiger partial charge on any atom is 0.410 e. The van der Waals surface area contributed by atoms with Gasteiger partial charge in [0.15, 0.2) is 11.2 Å². The number of anilines is 1. The number of ether oxygens (including phenoxy) is 1. The first-order valence-electron chi connectivity index (χ1n) is 9.99. The van der Waals surface area contributed by atoms with E-state index < -0.39 is 24.2 Å². The molecule has 2 heterocycles. The Hall–Kier alpha value is -3.02. The number of benzene rings is 1. The Kier molecular flexibility index (Phi) is 7.12. The lowest BCUT2D eigenvalue weighted by molar-refractivity contribution is -0.173. The Bertz CT molecular complexity index is 961.